The van der Waals surface area contributed by atoms with Gasteiger partial charge in [-0.05, 0) is 31.2 Å². The van der Waals surface area contributed by atoms with Crippen LogP contribution < -0.4 is 5.73 Å². The fourth-order valence-electron chi connectivity index (χ4n) is 2.07. The van der Waals surface area contributed by atoms with Gasteiger partial charge >= 0.3 is 0 Å². The lowest BCUT2D eigenvalue weighted by Crippen LogP contribution is -2.45. The van der Waals surface area contributed by atoms with Crippen molar-refractivity contribution < 1.29 is 13.2 Å². The van der Waals surface area contributed by atoms with Crippen LogP contribution in [0, 0.1) is 0 Å². The third kappa shape index (κ3) is 3.33. The summed E-state index contributed by atoms with van der Waals surface area (Å²) < 4.78 is 25.0. The molecule has 0 unspecified atom stereocenters. The van der Waals surface area contributed by atoms with Crippen LogP contribution in [-0.2, 0) is 14.6 Å². The van der Waals surface area contributed by atoms with Crippen LogP contribution in [0.25, 0.3) is 0 Å². The van der Waals surface area contributed by atoms with Gasteiger partial charge in [-0.15, -0.1) is 5.10 Å². The van der Waals surface area contributed by atoms with Crippen LogP contribution in [0.5, 0.6) is 0 Å². The van der Waals surface area contributed by atoms with Crippen LogP contribution in [0.2, 0.25) is 5.02 Å². The van der Waals surface area contributed by atoms with Crippen molar-refractivity contribution in [3.8, 4) is 0 Å². The molecule has 0 saturated carbocycles. The Morgan fingerprint density at radius 3 is 2.52 bits per heavy atom. The van der Waals surface area contributed by atoms with Crippen molar-refractivity contribution in [2.24, 2.45) is 10.8 Å². The van der Waals surface area contributed by atoms with Gasteiger partial charge in [-0.2, -0.15) is 0 Å². The van der Waals surface area contributed by atoms with Crippen LogP contribution in [0.1, 0.15) is 13.8 Å². The topological polar surface area (TPSA) is 92.8 Å². The number of thioether (sulfide) groups is 1. The molecule has 0 aromatic heterocycles. The van der Waals surface area contributed by atoms with Gasteiger partial charge in [0, 0.05) is 11.9 Å². The minimum atomic E-state index is -3.61. The summed E-state index contributed by atoms with van der Waals surface area (Å²) >= 11 is 6.81. The molecule has 1 aliphatic heterocycles. The van der Waals surface area contributed by atoms with Crippen molar-refractivity contribution in [1.82, 2.24) is 5.01 Å². The maximum absolute atomic E-state index is 12.5. The van der Waals surface area contributed by atoms with E-state index in [4.69, 9.17) is 17.3 Å². The molecule has 0 spiro atoms. The van der Waals surface area contributed by atoms with E-state index in [9.17, 15) is 13.2 Å². The fourth-order valence-corrected chi connectivity index (χ4v) is 5.27. The fraction of sp³-hybridized carbons (Fsp3) is 0.333. The predicted octanol–water partition coefficient (Wildman–Crippen LogP) is 1.65. The van der Waals surface area contributed by atoms with Crippen molar-refractivity contribution >= 4 is 44.3 Å². The first-order valence-corrected chi connectivity index (χ1v) is 8.81. The Morgan fingerprint density at radius 2 is 2.00 bits per heavy atom. The normalized spacial score (nSPS) is 22.2. The summed E-state index contributed by atoms with van der Waals surface area (Å²) in [6, 6.07) is 5.88. The van der Waals surface area contributed by atoms with Crippen LogP contribution in [0.3, 0.4) is 0 Å². The molecule has 1 aliphatic rings. The summed E-state index contributed by atoms with van der Waals surface area (Å²) in [7, 11) is -3.61. The number of carbonyl (C=O) groups excluding carboxylic acids is 1. The molecule has 1 aromatic carbocycles. The van der Waals surface area contributed by atoms with Crippen molar-refractivity contribution in [1.29, 1.82) is 0 Å². The molecule has 0 saturated heterocycles. The van der Waals surface area contributed by atoms with E-state index >= 15 is 0 Å². The van der Waals surface area contributed by atoms with Crippen molar-refractivity contribution in [2.45, 2.75) is 23.6 Å². The van der Waals surface area contributed by atoms with Gasteiger partial charge in [0.25, 0.3) is 0 Å². The van der Waals surface area contributed by atoms with E-state index in [0.717, 1.165) is 16.8 Å². The minimum absolute atomic E-state index is 0.141. The zero-order chi connectivity index (χ0) is 15.8. The second-order valence-corrected chi connectivity index (χ2v) is 8.69. The van der Waals surface area contributed by atoms with E-state index in [0.29, 0.717) is 5.02 Å². The molecule has 0 radical (unpaired) electrons. The molecule has 1 heterocycles. The van der Waals surface area contributed by atoms with Crippen LogP contribution in [0.15, 0.2) is 34.3 Å². The molecule has 0 fully saturated rings. The van der Waals surface area contributed by atoms with Crippen LogP contribution in [0.4, 0.5) is 0 Å². The highest BCUT2D eigenvalue weighted by Crippen LogP contribution is 2.38. The summed E-state index contributed by atoms with van der Waals surface area (Å²) in [6.07, 6.45) is 0. The number of hydrazone groups is 1. The summed E-state index contributed by atoms with van der Waals surface area (Å²) in [5.41, 5.74) is 5.62. The van der Waals surface area contributed by atoms with E-state index in [1.54, 1.807) is 6.92 Å². The largest absolute Gasteiger partial charge is 0.377 e. The summed E-state index contributed by atoms with van der Waals surface area (Å²) in [5.74, 6) is -0.660. The quantitative estimate of drug-likeness (QED) is 0.897. The maximum atomic E-state index is 12.5. The van der Waals surface area contributed by atoms with Gasteiger partial charge in [0.05, 0.1) is 10.6 Å². The Hall–Kier alpha value is -1.25. The first kappa shape index (κ1) is 16.1. The monoisotopic (exact) mass is 347 g/mol. The molecule has 114 valence electrons. The van der Waals surface area contributed by atoms with Gasteiger partial charge in [-0.1, -0.05) is 23.4 Å². The van der Waals surface area contributed by atoms with Gasteiger partial charge in [0.1, 0.15) is 4.87 Å². The highest BCUT2D eigenvalue weighted by Gasteiger charge is 2.45. The molecule has 9 heteroatoms. The van der Waals surface area contributed by atoms with Crippen molar-refractivity contribution in [2.75, 3.05) is 5.75 Å². The number of nitrogens with zero attached hydrogens (tertiary/aromatic N) is 2. The zero-order valence-corrected chi connectivity index (χ0v) is 13.8. The second-order valence-electron chi connectivity index (χ2n) is 4.76. The molecular weight excluding hydrogens is 334 g/mol. The van der Waals surface area contributed by atoms with Crippen LogP contribution >= 0.6 is 23.4 Å². The van der Waals surface area contributed by atoms with E-state index < -0.39 is 14.7 Å². The highest BCUT2D eigenvalue weighted by atomic mass is 35.5. The lowest BCUT2D eigenvalue weighted by Gasteiger charge is -2.30. The van der Waals surface area contributed by atoms with Crippen molar-refractivity contribution in [3.63, 3.8) is 0 Å². The summed E-state index contributed by atoms with van der Waals surface area (Å²) in [4.78, 5) is 10.7. The maximum Gasteiger partial charge on any atom is 0.240 e. The van der Waals surface area contributed by atoms with Gasteiger partial charge in [-0.25, -0.2) is 13.4 Å². The molecule has 0 bridgehead atoms. The third-order valence-corrected chi connectivity index (χ3v) is 6.31. The average Bonchev–Trinajstić information content (AvgIpc) is 2.64. The number of sulfone groups is 1. The molecule has 1 aromatic rings. The minimum Gasteiger partial charge on any atom is -0.377 e. The smallest absolute Gasteiger partial charge is 0.240 e. The first-order chi connectivity index (χ1) is 9.64. The number of benzene rings is 1. The molecule has 1 amide bonds. The molecule has 2 rings (SSSR count). The Balaban J connectivity index is 2.32. The van der Waals surface area contributed by atoms with Gasteiger partial charge in [-0.3, -0.25) is 4.79 Å². The number of halogens is 1. The number of amidine groups is 1. The first-order valence-electron chi connectivity index (χ1n) is 5.96. The standard InChI is InChI=1S/C12H14ClN3O3S2/c1-8(17)16-12(2,20-11(14)15-16)7-21(18,19)10-5-3-9(13)4-6-10/h3-6H,7H2,1-2H3,(H2,14,15)/t12-/m1/s1. The number of carbonyl (C=O) groups is 1. The number of amides is 1. The lowest BCUT2D eigenvalue weighted by molar-refractivity contribution is -0.131. The Bertz CT molecular complexity index is 703. The second kappa shape index (κ2) is 5.51. The summed E-state index contributed by atoms with van der Waals surface area (Å²) in [6.45, 7) is 2.94. The predicted molar refractivity (Wildman–Crippen MR) is 83.6 cm³/mol. The van der Waals surface area contributed by atoms with Gasteiger partial charge < -0.3 is 5.73 Å². The van der Waals surface area contributed by atoms with Crippen LogP contribution in [-0.4, -0.2) is 35.1 Å². The van der Waals surface area contributed by atoms with Gasteiger partial charge in [0.2, 0.25) is 5.91 Å². The number of rotatable bonds is 3. The van der Waals surface area contributed by atoms with Gasteiger partial charge in [0.15, 0.2) is 15.0 Å². The molecule has 6 nitrogen and oxygen atoms in total. The Kier molecular flexibility index (Phi) is 4.23. The lowest BCUT2D eigenvalue weighted by atomic mass is 10.3. The number of hydrogen-bond donors (Lipinski definition) is 1. The summed E-state index contributed by atoms with van der Waals surface area (Å²) in [5, 5.41) is 5.62. The molecule has 0 aliphatic carbocycles. The van der Waals surface area contributed by atoms with E-state index in [2.05, 4.69) is 5.10 Å². The Labute approximate surface area is 132 Å². The Morgan fingerprint density at radius 1 is 1.43 bits per heavy atom. The zero-order valence-electron chi connectivity index (χ0n) is 11.4. The van der Waals surface area contributed by atoms with E-state index in [1.807, 2.05) is 0 Å². The molecule has 2 N–H and O–H groups in total. The number of hydrogen-bond acceptors (Lipinski definition) is 6. The molecule has 21 heavy (non-hydrogen) atoms. The third-order valence-electron chi connectivity index (χ3n) is 2.90. The molecular formula is C12H14ClN3O3S2. The SMILES string of the molecule is CC(=O)N1N=C(N)S[C@]1(C)CS(=O)(=O)c1ccc(Cl)cc1. The number of nitrogens with two attached hydrogens (primary N) is 1. The van der Waals surface area contributed by atoms with Crippen molar-refractivity contribution in [3.05, 3.63) is 29.3 Å². The van der Waals surface area contributed by atoms with E-state index in [-0.39, 0.29) is 21.7 Å². The van der Waals surface area contributed by atoms with E-state index in [1.165, 1.54) is 31.2 Å². The highest BCUT2D eigenvalue weighted by molar-refractivity contribution is 8.15. The average molecular weight is 348 g/mol. The molecule has 1 atom stereocenters.